The molecule has 0 fully saturated rings. The van der Waals surface area contributed by atoms with Crippen molar-refractivity contribution in [2.24, 2.45) is 11.7 Å². The second-order valence-electron chi connectivity index (χ2n) is 5.11. The van der Waals surface area contributed by atoms with E-state index in [0.717, 1.165) is 37.1 Å². The Kier molecular flexibility index (Phi) is 3.58. The van der Waals surface area contributed by atoms with Gasteiger partial charge in [-0.25, -0.2) is 21.7 Å². The van der Waals surface area contributed by atoms with Gasteiger partial charge < -0.3 is 0 Å². The maximum absolute atomic E-state index is 5.42. The highest BCUT2D eigenvalue weighted by molar-refractivity contribution is 7.22. The van der Waals surface area contributed by atoms with Crippen molar-refractivity contribution in [3.05, 3.63) is 47.5 Å². The molecule has 0 aliphatic rings. The van der Waals surface area contributed by atoms with Crippen molar-refractivity contribution < 1.29 is 0 Å². The summed E-state index contributed by atoms with van der Waals surface area (Å²) in [4.78, 5) is 8.78. The Morgan fingerprint density at radius 2 is 1.26 bits per heavy atom. The predicted molar refractivity (Wildman–Crippen MR) is 97.7 cm³/mol. The summed E-state index contributed by atoms with van der Waals surface area (Å²) < 4.78 is 2.26. The number of anilines is 2. The molecule has 2 aromatic carbocycles. The molecule has 0 aliphatic heterocycles. The number of aromatic nitrogens is 2. The third-order valence-corrected chi connectivity index (χ3v) is 5.46. The molecular weight excluding hydrogens is 328 g/mol. The summed E-state index contributed by atoms with van der Waals surface area (Å²) in [5.74, 6) is 10.8. The van der Waals surface area contributed by atoms with Crippen LogP contribution in [0.3, 0.4) is 0 Å². The van der Waals surface area contributed by atoms with Crippen molar-refractivity contribution in [2.45, 2.75) is 6.42 Å². The number of nitrogens with one attached hydrogen (secondary N) is 2. The van der Waals surface area contributed by atoms with Gasteiger partial charge in [-0.05, 0) is 41.8 Å². The molecule has 0 aliphatic carbocycles. The molecule has 0 unspecified atom stereocenters. The second-order valence-corrected chi connectivity index (χ2v) is 7.17. The van der Waals surface area contributed by atoms with E-state index in [4.69, 9.17) is 11.7 Å². The van der Waals surface area contributed by atoms with E-state index in [-0.39, 0.29) is 0 Å². The lowest BCUT2D eigenvalue weighted by molar-refractivity contribution is 1.21. The fourth-order valence-electron chi connectivity index (χ4n) is 2.52. The van der Waals surface area contributed by atoms with Crippen molar-refractivity contribution in [3.8, 4) is 0 Å². The first-order chi connectivity index (χ1) is 11.2. The molecule has 0 spiro atoms. The topological polar surface area (TPSA) is 102 Å². The number of benzene rings is 2. The number of nitrogen functional groups attached to an aromatic ring is 2. The van der Waals surface area contributed by atoms with Crippen LogP contribution in [0, 0.1) is 0 Å². The van der Waals surface area contributed by atoms with Gasteiger partial charge in [-0.15, -0.1) is 0 Å². The Labute approximate surface area is 140 Å². The van der Waals surface area contributed by atoms with Gasteiger partial charge in [-0.1, -0.05) is 34.8 Å². The molecule has 0 atom stereocenters. The fourth-order valence-corrected chi connectivity index (χ4v) is 4.20. The SMILES string of the molecule is NNc1nc2ccc(Cc3ccc4nc(NN)sc4c3)cc2s1. The Hall–Kier alpha value is -2.26. The molecule has 4 rings (SSSR count). The lowest BCUT2D eigenvalue weighted by Gasteiger charge is -2.02. The van der Waals surface area contributed by atoms with Gasteiger partial charge >= 0.3 is 0 Å². The maximum atomic E-state index is 5.42. The average molecular weight is 342 g/mol. The van der Waals surface area contributed by atoms with E-state index in [1.54, 1.807) is 22.7 Å². The molecule has 6 nitrogen and oxygen atoms in total. The predicted octanol–water partition coefficient (Wildman–Crippen LogP) is 3.07. The molecule has 0 saturated carbocycles. The molecule has 2 aromatic heterocycles. The highest BCUT2D eigenvalue weighted by Crippen LogP contribution is 2.29. The van der Waals surface area contributed by atoms with Crippen LogP contribution >= 0.6 is 22.7 Å². The number of hydrazine groups is 2. The number of hydrogen-bond acceptors (Lipinski definition) is 8. The molecule has 4 aromatic rings. The van der Waals surface area contributed by atoms with E-state index in [0.29, 0.717) is 0 Å². The van der Waals surface area contributed by atoms with E-state index < -0.39 is 0 Å². The van der Waals surface area contributed by atoms with Crippen molar-refractivity contribution in [1.29, 1.82) is 0 Å². The van der Waals surface area contributed by atoms with Crippen LogP contribution in [0.2, 0.25) is 0 Å². The molecule has 23 heavy (non-hydrogen) atoms. The van der Waals surface area contributed by atoms with Crippen molar-refractivity contribution in [2.75, 3.05) is 10.9 Å². The van der Waals surface area contributed by atoms with Crippen molar-refractivity contribution in [1.82, 2.24) is 9.97 Å². The van der Waals surface area contributed by atoms with Crippen LogP contribution in [0.5, 0.6) is 0 Å². The summed E-state index contributed by atoms with van der Waals surface area (Å²) in [5, 5.41) is 1.45. The molecule has 6 N–H and O–H groups in total. The largest absolute Gasteiger partial charge is 0.300 e. The quantitative estimate of drug-likeness (QED) is 0.336. The minimum Gasteiger partial charge on any atom is -0.300 e. The minimum atomic E-state index is 0.727. The summed E-state index contributed by atoms with van der Waals surface area (Å²) in [5.41, 5.74) is 9.60. The van der Waals surface area contributed by atoms with Crippen LogP contribution in [0.25, 0.3) is 20.4 Å². The molecule has 8 heteroatoms. The summed E-state index contributed by atoms with van der Waals surface area (Å²) in [6.45, 7) is 0. The number of rotatable bonds is 4. The van der Waals surface area contributed by atoms with Crippen LogP contribution in [0.1, 0.15) is 11.1 Å². The van der Waals surface area contributed by atoms with Gasteiger partial charge in [0.25, 0.3) is 0 Å². The maximum Gasteiger partial charge on any atom is 0.198 e. The lowest BCUT2D eigenvalue weighted by atomic mass is 10.0. The van der Waals surface area contributed by atoms with E-state index in [1.807, 2.05) is 12.1 Å². The van der Waals surface area contributed by atoms with Gasteiger partial charge in [-0.2, -0.15) is 0 Å². The molecular formula is C15H14N6S2. The Balaban J connectivity index is 1.66. The summed E-state index contributed by atoms with van der Waals surface area (Å²) in [6.07, 6.45) is 0.860. The fraction of sp³-hybridized carbons (Fsp3) is 0.0667. The van der Waals surface area contributed by atoms with Crippen LogP contribution in [0.4, 0.5) is 10.3 Å². The van der Waals surface area contributed by atoms with Gasteiger partial charge in [0.05, 0.1) is 20.4 Å². The van der Waals surface area contributed by atoms with E-state index in [1.165, 1.54) is 11.1 Å². The van der Waals surface area contributed by atoms with Crippen LogP contribution < -0.4 is 22.5 Å². The van der Waals surface area contributed by atoms with E-state index >= 15 is 0 Å². The second kappa shape index (κ2) is 5.74. The number of fused-ring (bicyclic) bond motifs is 2. The van der Waals surface area contributed by atoms with Crippen molar-refractivity contribution in [3.63, 3.8) is 0 Å². The Morgan fingerprint density at radius 1 is 0.783 bits per heavy atom. The van der Waals surface area contributed by atoms with Gasteiger partial charge in [0.2, 0.25) is 0 Å². The molecule has 116 valence electrons. The van der Waals surface area contributed by atoms with Gasteiger partial charge in [0, 0.05) is 0 Å². The highest BCUT2D eigenvalue weighted by Gasteiger charge is 2.07. The zero-order valence-corrected chi connectivity index (χ0v) is 13.7. The number of nitrogens with two attached hydrogens (primary N) is 2. The number of hydrogen-bond donors (Lipinski definition) is 4. The smallest absolute Gasteiger partial charge is 0.198 e. The van der Waals surface area contributed by atoms with Crippen LogP contribution in [-0.2, 0) is 6.42 Å². The third kappa shape index (κ3) is 2.73. The van der Waals surface area contributed by atoms with Gasteiger partial charge in [0.15, 0.2) is 10.3 Å². The van der Waals surface area contributed by atoms with Gasteiger partial charge in [0.1, 0.15) is 0 Å². The first kappa shape index (κ1) is 14.3. The minimum absolute atomic E-state index is 0.727. The zero-order valence-electron chi connectivity index (χ0n) is 12.0. The lowest BCUT2D eigenvalue weighted by Crippen LogP contribution is -2.05. The normalized spacial score (nSPS) is 11.2. The standard InChI is InChI=1S/C15H14N6S2/c16-20-14-18-10-3-1-8(6-12(10)22-14)5-9-2-4-11-13(7-9)23-15(19-11)21-17/h1-4,6-7H,5,16-17H2,(H,18,20)(H,19,21). The molecule has 0 bridgehead atoms. The summed E-state index contributed by atoms with van der Waals surface area (Å²) in [7, 11) is 0. The summed E-state index contributed by atoms with van der Waals surface area (Å²) >= 11 is 3.11. The Bertz CT molecular complexity index is 910. The highest BCUT2D eigenvalue weighted by atomic mass is 32.1. The summed E-state index contributed by atoms with van der Waals surface area (Å²) in [6, 6.07) is 12.6. The van der Waals surface area contributed by atoms with Crippen molar-refractivity contribution >= 4 is 53.4 Å². The monoisotopic (exact) mass is 342 g/mol. The molecule has 0 radical (unpaired) electrons. The number of nitrogens with zero attached hydrogens (tertiary/aromatic N) is 2. The zero-order chi connectivity index (χ0) is 15.8. The van der Waals surface area contributed by atoms with Crippen LogP contribution in [-0.4, -0.2) is 9.97 Å². The molecule has 2 heterocycles. The first-order valence-electron chi connectivity index (χ1n) is 6.97. The number of thiazole rings is 2. The van der Waals surface area contributed by atoms with Crippen LogP contribution in [0.15, 0.2) is 36.4 Å². The Morgan fingerprint density at radius 3 is 1.70 bits per heavy atom. The average Bonchev–Trinajstić information content (AvgIpc) is 3.16. The molecule has 0 saturated heterocycles. The van der Waals surface area contributed by atoms with Gasteiger partial charge in [-0.3, -0.25) is 10.9 Å². The van der Waals surface area contributed by atoms with E-state index in [9.17, 15) is 0 Å². The first-order valence-corrected chi connectivity index (χ1v) is 8.60. The third-order valence-electron chi connectivity index (χ3n) is 3.56. The van der Waals surface area contributed by atoms with E-state index in [2.05, 4.69) is 45.1 Å². The molecule has 0 amide bonds.